The Balaban J connectivity index is 2.37. The maximum Gasteiger partial charge on any atom is 0.240 e. The molecule has 0 saturated carbocycles. The van der Waals surface area contributed by atoms with Crippen molar-refractivity contribution in [3.63, 3.8) is 0 Å². The molecule has 2 N–H and O–H groups in total. The molecular formula is C12H20N2O4S. The molecule has 0 aliphatic carbocycles. The Morgan fingerprint density at radius 3 is 2.37 bits per heavy atom. The van der Waals surface area contributed by atoms with Crippen molar-refractivity contribution in [2.45, 2.75) is 4.90 Å². The molecule has 0 aliphatic rings. The van der Waals surface area contributed by atoms with Crippen LogP contribution in [-0.2, 0) is 19.5 Å². The number of anilines is 1. The third kappa shape index (κ3) is 5.56. The van der Waals surface area contributed by atoms with Crippen LogP contribution in [0.25, 0.3) is 0 Å². The monoisotopic (exact) mass is 288 g/mol. The third-order valence-corrected chi connectivity index (χ3v) is 3.87. The van der Waals surface area contributed by atoms with Gasteiger partial charge in [0.1, 0.15) is 0 Å². The first-order chi connectivity index (χ1) is 9.10. The van der Waals surface area contributed by atoms with Crippen molar-refractivity contribution in [2.24, 2.45) is 0 Å². The highest BCUT2D eigenvalue weighted by Crippen LogP contribution is 2.13. The van der Waals surface area contributed by atoms with Gasteiger partial charge in [-0.25, -0.2) is 13.1 Å². The minimum atomic E-state index is -3.37. The van der Waals surface area contributed by atoms with Crippen LogP contribution in [0.15, 0.2) is 29.2 Å². The number of rotatable bonds is 9. The molecule has 0 radical (unpaired) electrons. The molecule has 0 amide bonds. The van der Waals surface area contributed by atoms with Crippen LogP contribution in [0.4, 0.5) is 5.69 Å². The van der Waals surface area contributed by atoms with E-state index in [4.69, 9.17) is 9.47 Å². The summed E-state index contributed by atoms with van der Waals surface area (Å²) in [4.78, 5) is 0.247. The predicted octanol–water partition coefficient (Wildman–Crippen LogP) is 0.670. The van der Waals surface area contributed by atoms with Crippen LogP contribution >= 0.6 is 0 Å². The van der Waals surface area contributed by atoms with Gasteiger partial charge in [0, 0.05) is 19.3 Å². The number of nitrogens with one attached hydrogen (secondary N) is 2. The summed E-state index contributed by atoms with van der Waals surface area (Å²) in [6.45, 7) is 2.37. The first kappa shape index (κ1) is 15.9. The van der Waals surface area contributed by atoms with Gasteiger partial charge in [0.2, 0.25) is 10.0 Å². The molecule has 1 aromatic carbocycles. The minimum Gasteiger partial charge on any atom is -0.383 e. The largest absolute Gasteiger partial charge is 0.383 e. The number of sulfonamides is 1. The van der Waals surface area contributed by atoms with E-state index in [9.17, 15) is 8.42 Å². The van der Waals surface area contributed by atoms with Gasteiger partial charge in [0.25, 0.3) is 0 Å². The van der Waals surface area contributed by atoms with Crippen molar-refractivity contribution >= 4 is 15.7 Å². The van der Waals surface area contributed by atoms with Crippen LogP contribution in [0.2, 0.25) is 0 Å². The van der Waals surface area contributed by atoms with E-state index in [-0.39, 0.29) is 4.90 Å². The van der Waals surface area contributed by atoms with Gasteiger partial charge in [0.05, 0.1) is 24.7 Å². The zero-order valence-corrected chi connectivity index (χ0v) is 12.0. The molecule has 108 valence electrons. The van der Waals surface area contributed by atoms with Crippen molar-refractivity contribution in [1.29, 1.82) is 0 Å². The van der Waals surface area contributed by atoms with E-state index in [1.165, 1.54) is 7.05 Å². The van der Waals surface area contributed by atoms with Gasteiger partial charge >= 0.3 is 0 Å². The molecule has 19 heavy (non-hydrogen) atoms. The summed E-state index contributed by atoms with van der Waals surface area (Å²) >= 11 is 0. The zero-order chi connectivity index (χ0) is 14.1. The molecule has 0 fully saturated rings. The molecule has 0 heterocycles. The second-order valence-electron chi connectivity index (χ2n) is 3.76. The van der Waals surface area contributed by atoms with Crippen molar-refractivity contribution in [1.82, 2.24) is 4.72 Å². The Kier molecular flexibility index (Phi) is 6.79. The Morgan fingerprint density at radius 1 is 1.11 bits per heavy atom. The smallest absolute Gasteiger partial charge is 0.240 e. The van der Waals surface area contributed by atoms with Crippen molar-refractivity contribution in [3.8, 4) is 0 Å². The van der Waals surface area contributed by atoms with Crippen LogP contribution in [-0.4, -0.2) is 48.9 Å². The Hall–Kier alpha value is -1.15. The number of benzene rings is 1. The summed E-state index contributed by atoms with van der Waals surface area (Å²) in [6.07, 6.45) is 0. The highest BCUT2D eigenvalue weighted by molar-refractivity contribution is 7.89. The van der Waals surface area contributed by atoms with Crippen LogP contribution in [0, 0.1) is 0 Å². The van der Waals surface area contributed by atoms with E-state index >= 15 is 0 Å². The Bertz CT molecular complexity index is 459. The number of ether oxygens (including phenoxy) is 2. The topological polar surface area (TPSA) is 76.7 Å². The summed E-state index contributed by atoms with van der Waals surface area (Å²) in [5.41, 5.74) is 0.852. The number of hydrogen-bond donors (Lipinski definition) is 2. The fourth-order valence-electron chi connectivity index (χ4n) is 1.38. The lowest BCUT2D eigenvalue weighted by Crippen LogP contribution is -2.18. The van der Waals surface area contributed by atoms with E-state index in [1.807, 2.05) is 0 Å². The fraction of sp³-hybridized carbons (Fsp3) is 0.500. The molecule has 0 bridgehead atoms. The molecule has 0 aromatic heterocycles. The van der Waals surface area contributed by atoms with Gasteiger partial charge in [-0.2, -0.15) is 0 Å². The van der Waals surface area contributed by atoms with Gasteiger partial charge in [-0.05, 0) is 31.3 Å². The molecule has 6 nitrogen and oxygen atoms in total. The second kappa shape index (κ2) is 8.11. The highest BCUT2D eigenvalue weighted by Gasteiger charge is 2.09. The van der Waals surface area contributed by atoms with Crippen molar-refractivity contribution in [2.75, 3.05) is 45.8 Å². The molecule has 1 aromatic rings. The second-order valence-corrected chi connectivity index (χ2v) is 5.65. The van der Waals surface area contributed by atoms with E-state index < -0.39 is 10.0 Å². The summed E-state index contributed by atoms with van der Waals surface area (Å²) in [6, 6.07) is 6.55. The van der Waals surface area contributed by atoms with Gasteiger partial charge < -0.3 is 14.8 Å². The average Bonchev–Trinajstić information content (AvgIpc) is 2.43. The first-order valence-electron chi connectivity index (χ1n) is 5.94. The summed E-state index contributed by atoms with van der Waals surface area (Å²) in [5, 5.41) is 3.14. The van der Waals surface area contributed by atoms with Gasteiger partial charge in [0.15, 0.2) is 0 Å². The normalized spacial score (nSPS) is 11.5. The Labute approximate surface area is 114 Å². The maximum atomic E-state index is 11.5. The number of methoxy groups -OCH3 is 1. The standard InChI is InChI=1S/C12H20N2O4S/c1-13-19(15,16)12-5-3-11(4-6-12)14-7-8-18-10-9-17-2/h3-6,13-14H,7-10H2,1-2H3. The quantitative estimate of drug-likeness (QED) is 0.653. The molecule has 0 spiro atoms. The summed E-state index contributed by atoms with van der Waals surface area (Å²) in [7, 11) is -0.352. The highest BCUT2D eigenvalue weighted by atomic mass is 32.2. The lowest BCUT2D eigenvalue weighted by Gasteiger charge is -2.08. The van der Waals surface area contributed by atoms with E-state index in [2.05, 4.69) is 10.0 Å². The molecule has 7 heteroatoms. The molecule has 0 aliphatic heterocycles. The molecule has 0 atom stereocenters. The Morgan fingerprint density at radius 2 is 1.79 bits per heavy atom. The van der Waals surface area contributed by atoms with E-state index in [1.54, 1.807) is 31.4 Å². The lowest BCUT2D eigenvalue weighted by atomic mass is 10.3. The summed E-state index contributed by atoms with van der Waals surface area (Å²) in [5.74, 6) is 0. The molecule has 0 unspecified atom stereocenters. The van der Waals surface area contributed by atoms with E-state index in [0.29, 0.717) is 26.4 Å². The van der Waals surface area contributed by atoms with Gasteiger partial charge in [-0.1, -0.05) is 0 Å². The van der Waals surface area contributed by atoms with E-state index in [0.717, 1.165) is 5.69 Å². The van der Waals surface area contributed by atoms with Crippen molar-refractivity contribution in [3.05, 3.63) is 24.3 Å². The SMILES string of the molecule is CNS(=O)(=O)c1ccc(NCCOCCOC)cc1. The van der Waals surface area contributed by atoms with Crippen LogP contribution < -0.4 is 10.0 Å². The zero-order valence-electron chi connectivity index (χ0n) is 11.2. The average molecular weight is 288 g/mol. The fourth-order valence-corrected chi connectivity index (χ4v) is 2.11. The number of hydrogen-bond acceptors (Lipinski definition) is 5. The van der Waals surface area contributed by atoms with Crippen LogP contribution in [0.5, 0.6) is 0 Å². The minimum absolute atomic E-state index is 0.247. The van der Waals surface area contributed by atoms with Gasteiger partial charge in [-0.3, -0.25) is 0 Å². The van der Waals surface area contributed by atoms with Gasteiger partial charge in [-0.15, -0.1) is 0 Å². The third-order valence-electron chi connectivity index (χ3n) is 2.44. The predicted molar refractivity (Wildman–Crippen MR) is 73.9 cm³/mol. The first-order valence-corrected chi connectivity index (χ1v) is 7.42. The molecule has 1 rings (SSSR count). The van der Waals surface area contributed by atoms with Crippen molar-refractivity contribution < 1.29 is 17.9 Å². The lowest BCUT2D eigenvalue weighted by molar-refractivity contribution is 0.0759. The summed E-state index contributed by atoms with van der Waals surface area (Å²) < 4.78 is 35.4. The van der Waals surface area contributed by atoms with Crippen LogP contribution in [0.1, 0.15) is 0 Å². The maximum absolute atomic E-state index is 11.5. The molecule has 0 saturated heterocycles. The molecular weight excluding hydrogens is 268 g/mol. The van der Waals surface area contributed by atoms with Crippen LogP contribution in [0.3, 0.4) is 0 Å².